The van der Waals surface area contributed by atoms with Gasteiger partial charge in [0.25, 0.3) is 0 Å². The van der Waals surface area contributed by atoms with Crippen LogP contribution in [0, 0.1) is 0 Å². The third-order valence-corrected chi connectivity index (χ3v) is 9.37. The molecule has 1 saturated carbocycles. The van der Waals surface area contributed by atoms with Crippen molar-refractivity contribution in [2.75, 3.05) is 40.0 Å². The van der Waals surface area contributed by atoms with Gasteiger partial charge in [-0.3, -0.25) is 9.80 Å². The summed E-state index contributed by atoms with van der Waals surface area (Å²) in [7, 11) is 1.54. The molecular weight excluding hydrogens is 631 g/mol. The number of allylic oxidation sites excluding steroid dienone is 3. The van der Waals surface area contributed by atoms with Crippen molar-refractivity contribution < 1.29 is 23.0 Å². The minimum absolute atomic E-state index is 0.0305. The van der Waals surface area contributed by atoms with E-state index in [-0.39, 0.29) is 48.7 Å². The number of methoxy groups -OCH3 is 1. The van der Waals surface area contributed by atoms with Gasteiger partial charge in [0.1, 0.15) is 18.2 Å². The van der Waals surface area contributed by atoms with Crippen molar-refractivity contribution in [2.45, 2.75) is 58.4 Å². The second-order valence-electron chi connectivity index (χ2n) is 11.1. The van der Waals surface area contributed by atoms with E-state index in [0.29, 0.717) is 48.9 Å². The maximum Gasteiger partial charge on any atom is 0.246 e. The number of benzene rings is 1. The zero-order chi connectivity index (χ0) is 34.8. The summed E-state index contributed by atoms with van der Waals surface area (Å²) in [5.41, 5.74) is 3.92. The number of piperazine rings is 1. The lowest BCUT2D eigenvalue weighted by Gasteiger charge is -2.36. The van der Waals surface area contributed by atoms with E-state index in [0.717, 1.165) is 28.3 Å². The highest BCUT2D eigenvalue weighted by Crippen LogP contribution is 2.56. The Balaban J connectivity index is 0.00000125. The van der Waals surface area contributed by atoms with Crippen molar-refractivity contribution in [3.63, 3.8) is 0 Å². The molecule has 2 aromatic heterocycles. The average molecular weight is 677 g/mol. The quantitative estimate of drug-likeness (QED) is 0.0880. The minimum Gasteiger partial charge on any atom is -0.491 e. The summed E-state index contributed by atoms with van der Waals surface area (Å²) < 4.78 is 41.1. The molecule has 2 fully saturated rings. The third kappa shape index (κ3) is 7.76. The lowest BCUT2D eigenvalue weighted by atomic mass is 9.93. The number of amides is 1. The van der Waals surface area contributed by atoms with Crippen LogP contribution in [0.5, 0.6) is 0 Å². The molecule has 2 aliphatic heterocycles. The van der Waals surface area contributed by atoms with Crippen LogP contribution < -0.4 is 0 Å². The first-order valence-corrected chi connectivity index (χ1v) is 17.5. The number of fused-ring (bicyclic) bond motifs is 2. The van der Waals surface area contributed by atoms with Gasteiger partial charge in [-0.05, 0) is 35.4 Å². The molecule has 256 valence electrons. The molecule has 4 heterocycles. The van der Waals surface area contributed by atoms with E-state index in [9.17, 15) is 9.18 Å². The summed E-state index contributed by atoms with van der Waals surface area (Å²) in [6.07, 6.45) is 3.72. The summed E-state index contributed by atoms with van der Waals surface area (Å²) in [6, 6.07) is 12.3. The van der Waals surface area contributed by atoms with Crippen LogP contribution in [0.1, 0.15) is 74.9 Å². The molecule has 3 aromatic rings. The van der Waals surface area contributed by atoms with Gasteiger partial charge in [0.2, 0.25) is 5.91 Å². The Bertz CT molecular complexity index is 1680. The smallest absolute Gasteiger partial charge is 0.246 e. The molecule has 7 nitrogen and oxygen atoms in total. The maximum absolute atomic E-state index is 15.9. The zero-order valence-electron chi connectivity index (χ0n) is 28.5. The molecular formula is C38H46F2N4O3S. The number of ether oxygens (including phenoxy) is 2. The molecule has 3 aliphatic rings. The highest BCUT2D eigenvalue weighted by atomic mass is 32.1. The van der Waals surface area contributed by atoms with E-state index in [1.54, 1.807) is 12.0 Å². The molecule has 0 bridgehead atoms. The van der Waals surface area contributed by atoms with Gasteiger partial charge in [0.15, 0.2) is 0 Å². The highest BCUT2D eigenvalue weighted by molar-refractivity contribution is 7.17. The van der Waals surface area contributed by atoms with E-state index < -0.39 is 5.83 Å². The van der Waals surface area contributed by atoms with E-state index in [1.807, 2.05) is 62.3 Å². The second kappa shape index (κ2) is 17.3. The number of nitrogens with zero attached hydrogens (tertiary/aromatic N) is 4. The molecule has 1 amide bonds. The van der Waals surface area contributed by atoms with E-state index >= 15 is 4.39 Å². The first-order valence-electron chi connectivity index (χ1n) is 16.6. The number of rotatable bonds is 11. The number of carbonyl (C=O) groups is 1. The van der Waals surface area contributed by atoms with Crippen LogP contribution in [0.3, 0.4) is 0 Å². The molecule has 10 heteroatoms. The van der Waals surface area contributed by atoms with Crippen molar-refractivity contribution in [3.05, 3.63) is 108 Å². The molecule has 3 unspecified atom stereocenters. The Morgan fingerprint density at radius 1 is 1.10 bits per heavy atom. The number of thiophene rings is 1. The zero-order valence-corrected chi connectivity index (χ0v) is 29.4. The van der Waals surface area contributed by atoms with Gasteiger partial charge in [-0.25, -0.2) is 13.8 Å². The monoisotopic (exact) mass is 676 g/mol. The third-order valence-electron chi connectivity index (χ3n) is 8.44. The normalized spacial score (nSPS) is 20.1. The number of pyridine rings is 1. The largest absolute Gasteiger partial charge is 0.491 e. The fourth-order valence-corrected chi connectivity index (χ4v) is 7.18. The molecule has 0 spiro atoms. The fraction of sp³-hybridized carbons (Fsp3) is 0.395. The average Bonchev–Trinajstić information content (AvgIpc) is 3.55. The van der Waals surface area contributed by atoms with Crippen molar-refractivity contribution in [3.8, 4) is 0 Å². The fourth-order valence-electron chi connectivity index (χ4n) is 6.23. The van der Waals surface area contributed by atoms with E-state index in [4.69, 9.17) is 19.6 Å². The maximum atomic E-state index is 15.9. The Labute approximate surface area is 286 Å². The number of hydrogen-bond donors (Lipinski definition) is 0. The van der Waals surface area contributed by atoms with Crippen LogP contribution >= 0.6 is 11.3 Å². The summed E-state index contributed by atoms with van der Waals surface area (Å²) in [6.45, 7) is 17.7. The number of carbonyl (C=O) groups excluding carboxylic acids is 1. The van der Waals surface area contributed by atoms with Gasteiger partial charge >= 0.3 is 0 Å². The summed E-state index contributed by atoms with van der Waals surface area (Å²) in [5, 5.41) is 9.86. The van der Waals surface area contributed by atoms with Gasteiger partial charge in [-0.2, -0.15) is 5.10 Å². The van der Waals surface area contributed by atoms with Crippen LogP contribution in [0.25, 0.3) is 15.7 Å². The molecule has 0 N–H and O–H groups in total. The van der Waals surface area contributed by atoms with Gasteiger partial charge < -0.3 is 14.4 Å². The Morgan fingerprint density at radius 2 is 1.85 bits per heavy atom. The Hall–Kier alpha value is -4.15. The van der Waals surface area contributed by atoms with Crippen LogP contribution in [0.2, 0.25) is 0 Å². The topological polar surface area (TPSA) is 67.3 Å². The molecule has 1 aliphatic carbocycles. The lowest BCUT2D eigenvalue weighted by molar-refractivity contribution is -0.128. The predicted octanol–water partition coefficient (Wildman–Crippen LogP) is 8.77. The standard InChI is InChI=1S/C34H34F2N4O3S.2C2H6/c1-4-29(41)39-13-14-40-23(20-39)18-28(38-40)33-31(30(27(36)10-12-35)21(2)43-16-15-42-3)34-24(11-17-44-34)32(37-33)26-19-25(26)22-8-6-5-7-9-22;2*1-2/h4-12,17,23,25-26H,1-2,13-16,18-20H2,3H3;2*1-2H3/b12-10+,30-27?;;. The van der Waals surface area contributed by atoms with E-state index in [2.05, 4.69) is 25.3 Å². The Morgan fingerprint density at radius 3 is 2.54 bits per heavy atom. The predicted molar refractivity (Wildman–Crippen MR) is 193 cm³/mol. The van der Waals surface area contributed by atoms with Crippen molar-refractivity contribution in [2.24, 2.45) is 5.10 Å². The van der Waals surface area contributed by atoms with Gasteiger partial charge in [0, 0.05) is 54.3 Å². The van der Waals surface area contributed by atoms with Crippen molar-refractivity contribution in [1.29, 1.82) is 0 Å². The molecule has 0 radical (unpaired) electrons. The van der Waals surface area contributed by atoms with Crippen LogP contribution in [0.4, 0.5) is 8.78 Å². The van der Waals surface area contributed by atoms with Crippen LogP contribution in [0.15, 0.2) is 90.1 Å². The summed E-state index contributed by atoms with van der Waals surface area (Å²) >= 11 is 1.47. The SMILES string of the molecule is C=CC(=O)N1CCN2N=C(c3nc(C4CC4c4ccccc4)c4ccsc4c3C(C(=C)OCCOC)=C(F)/C=C/F)CC2C1.CC.CC. The highest BCUT2D eigenvalue weighted by Gasteiger charge is 2.43. The number of halogens is 2. The number of aromatic nitrogens is 1. The first-order chi connectivity index (χ1) is 23.4. The summed E-state index contributed by atoms with van der Waals surface area (Å²) in [5.74, 6) is -0.371. The number of hydrogen-bond acceptors (Lipinski definition) is 7. The summed E-state index contributed by atoms with van der Waals surface area (Å²) in [4.78, 5) is 19.4. The van der Waals surface area contributed by atoms with Crippen LogP contribution in [-0.4, -0.2) is 72.5 Å². The lowest BCUT2D eigenvalue weighted by Crippen LogP contribution is -2.50. The molecule has 6 rings (SSSR count). The minimum atomic E-state index is -0.826. The van der Waals surface area contributed by atoms with Crippen LogP contribution in [-0.2, 0) is 14.3 Å². The first kappa shape index (κ1) is 36.7. The molecule has 1 aromatic carbocycles. The van der Waals surface area contributed by atoms with Crippen molar-refractivity contribution in [1.82, 2.24) is 14.9 Å². The van der Waals surface area contributed by atoms with Crippen molar-refractivity contribution >= 4 is 38.6 Å². The van der Waals surface area contributed by atoms with E-state index in [1.165, 1.54) is 23.0 Å². The van der Waals surface area contributed by atoms with Gasteiger partial charge in [-0.1, -0.05) is 71.2 Å². The number of hydrazone groups is 1. The molecule has 3 atom stereocenters. The van der Waals surface area contributed by atoms with Gasteiger partial charge in [-0.15, -0.1) is 11.3 Å². The molecule has 1 saturated heterocycles. The second-order valence-corrected chi connectivity index (χ2v) is 12.0. The molecule has 48 heavy (non-hydrogen) atoms. The van der Waals surface area contributed by atoms with Gasteiger partial charge in [0.05, 0.1) is 48.2 Å². The Kier molecular flexibility index (Phi) is 13.2.